The minimum Gasteiger partial charge on any atom is -0.497 e. The highest BCUT2D eigenvalue weighted by Crippen LogP contribution is 2.29. The fraction of sp³-hybridized carbons (Fsp3) is 0.267. The lowest BCUT2D eigenvalue weighted by molar-refractivity contribution is 0.328. The topological polar surface area (TPSA) is 71.3 Å². The number of hydrogen-bond acceptors (Lipinski definition) is 6. The van der Waals surface area contributed by atoms with Crippen molar-refractivity contribution in [2.24, 2.45) is 0 Å². The Labute approximate surface area is 122 Å². The van der Waals surface area contributed by atoms with Crippen LogP contribution in [0.2, 0.25) is 0 Å². The molecule has 3 rings (SSSR count). The van der Waals surface area contributed by atoms with Crippen LogP contribution in [0.1, 0.15) is 11.3 Å². The number of rotatable bonds is 2. The van der Waals surface area contributed by atoms with Crippen molar-refractivity contribution in [3.63, 3.8) is 0 Å². The normalized spacial score (nSPS) is 13.6. The molecule has 0 bridgehead atoms. The summed E-state index contributed by atoms with van der Waals surface area (Å²) < 4.78 is 11.0. The first-order valence-corrected chi connectivity index (χ1v) is 6.57. The molecule has 0 radical (unpaired) electrons. The van der Waals surface area contributed by atoms with Crippen molar-refractivity contribution in [2.45, 2.75) is 6.54 Å². The molecule has 6 nitrogen and oxygen atoms in total. The standard InChI is InChI=1S/C15H14N4O2/c1-20-13-3-2-11-10-19(4-5-21-14(11)6-13)15-9-17-8-12(7-16)18-15/h2-3,6,8-9H,4-5,10H2,1H3. The molecule has 1 aromatic carbocycles. The van der Waals surface area contributed by atoms with Crippen LogP contribution in [0.3, 0.4) is 0 Å². The summed E-state index contributed by atoms with van der Waals surface area (Å²) in [6.45, 7) is 1.88. The molecule has 21 heavy (non-hydrogen) atoms. The molecule has 1 aliphatic rings. The number of nitriles is 1. The monoisotopic (exact) mass is 282 g/mol. The van der Waals surface area contributed by atoms with Crippen LogP contribution in [0, 0.1) is 11.3 Å². The Balaban J connectivity index is 1.90. The summed E-state index contributed by atoms with van der Waals surface area (Å²) in [5.74, 6) is 2.27. The zero-order valence-corrected chi connectivity index (χ0v) is 11.6. The third-order valence-corrected chi connectivity index (χ3v) is 3.31. The van der Waals surface area contributed by atoms with E-state index in [0.29, 0.717) is 31.2 Å². The molecule has 0 N–H and O–H groups in total. The van der Waals surface area contributed by atoms with Gasteiger partial charge in [-0.3, -0.25) is 4.98 Å². The van der Waals surface area contributed by atoms with E-state index >= 15 is 0 Å². The summed E-state index contributed by atoms with van der Waals surface area (Å²) in [5, 5.41) is 8.92. The average Bonchev–Trinajstić information content (AvgIpc) is 2.76. The van der Waals surface area contributed by atoms with Gasteiger partial charge in [-0.1, -0.05) is 0 Å². The number of aromatic nitrogens is 2. The molecule has 106 valence electrons. The van der Waals surface area contributed by atoms with Gasteiger partial charge in [0, 0.05) is 18.2 Å². The van der Waals surface area contributed by atoms with Gasteiger partial charge in [0.1, 0.15) is 30.0 Å². The highest BCUT2D eigenvalue weighted by atomic mass is 16.5. The molecule has 1 aliphatic heterocycles. The van der Waals surface area contributed by atoms with E-state index in [2.05, 4.69) is 9.97 Å². The number of methoxy groups -OCH3 is 1. The van der Waals surface area contributed by atoms with Crippen LogP contribution in [0.25, 0.3) is 0 Å². The predicted octanol–water partition coefficient (Wildman–Crippen LogP) is 1.76. The van der Waals surface area contributed by atoms with Gasteiger partial charge in [-0.15, -0.1) is 0 Å². The Hall–Kier alpha value is -2.81. The van der Waals surface area contributed by atoms with E-state index in [1.807, 2.05) is 29.2 Å². The van der Waals surface area contributed by atoms with Gasteiger partial charge < -0.3 is 14.4 Å². The summed E-state index contributed by atoms with van der Waals surface area (Å²) in [7, 11) is 1.63. The minimum atomic E-state index is 0.313. The van der Waals surface area contributed by atoms with Crippen molar-refractivity contribution in [2.75, 3.05) is 25.2 Å². The summed E-state index contributed by atoms with van der Waals surface area (Å²) in [6.07, 6.45) is 3.12. The Morgan fingerprint density at radius 1 is 1.38 bits per heavy atom. The fourth-order valence-corrected chi connectivity index (χ4v) is 2.23. The molecule has 0 spiro atoms. The fourth-order valence-electron chi connectivity index (χ4n) is 2.23. The van der Waals surface area contributed by atoms with E-state index in [4.69, 9.17) is 14.7 Å². The highest BCUT2D eigenvalue weighted by Gasteiger charge is 2.17. The van der Waals surface area contributed by atoms with Crippen LogP contribution in [-0.2, 0) is 6.54 Å². The average molecular weight is 282 g/mol. The van der Waals surface area contributed by atoms with Gasteiger partial charge >= 0.3 is 0 Å². The van der Waals surface area contributed by atoms with Crippen molar-refractivity contribution in [1.29, 1.82) is 5.26 Å². The number of anilines is 1. The first kappa shape index (κ1) is 13.2. The van der Waals surface area contributed by atoms with E-state index in [1.165, 1.54) is 6.20 Å². The molecule has 0 saturated carbocycles. The molecule has 6 heteroatoms. The largest absolute Gasteiger partial charge is 0.497 e. The first-order chi connectivity index (χ1) is 10.3. The summed E-state index contributed by atoms with van der Waals surface area (Å²) >= 11 is 0. The van der Waals surface area contributed by atoms with Crippen molar-refractivity contribution >= 4 is 5.82 Å². The second-order valence-electron chi connectivity index (χ2n) is 4.62. The molecule has 0 saturated heterocycles. The van der Waals surface area contributed by atoms with E-state index in [1.54, 1.807) is 13.3 Å². The number of nitrogens with zero attached hydrogens (tertiary/aromatic N) is 4. The molecular weight excluding hydrogens is 268 g/mol. The van der Waals surface area contributed by atoms with Crippen LogP contribution in [-0.4, -0.2) is 30.2 Å². The van der Waals surface area contributed by atoms with Gasteiger partial charge in [-0.2, -0.15) is 5.26 Å². The third-order valence-electron chi connectivity index (χ3n) is 3.31. The second-order valence-corrected chi connectivity index (χ2v) is 4.62. The number of hydrogen-bond donors (Lipinski definition) is 0. The lowest BCUT2D eigenvalue weighted by atomic mass is 10.2. The molecule has 2 aromatic rings. The van der Waals surface area contributed by atoms with Crippen molar-refractivity contribution in [1.82, 2.24) is 9.97 Å². The quantitative estimate of drug-likeness (QED) is 0.835. The van der Waals surface area contributed by atoms with Crippen LogP contribution in [0.4, 0.5) is 5.82 Å². The zero-order chi connectivity index (χ0) is 14.7. The van der Waals surface area contributed by atoms with Gasteiger partial charge in [0.15, 0.2) is 5.69 Å². The van der Waals surface area contributed by atoms with Gasteiger partial charge in [-0.25, -0.2) is 4.98 Å². The maximum absolute atomic E-state index is 8.92. The lowest BCUT2D eigenvalue weighted by Crippen LogP contribution is -2.26. The van der Waals surface area contributed by atoms with Gasteiger partial charge in [0.25, 0.3) is 0 Å². The number of benzene rings is 1. The molecule has 0 amide bonds. The van der Waals surface area contributed by atoms with Crippen molar-refractivity contribution in [3.05, 3.63) is 41.9 Å². The highest BCUT2D eigenvalue weighted by molar-refractivity contribution is 5.46. The Kier molecular flexibility index (Phi) is 3.56. The lowest BCUT2D eigenvalue weighted by Gasteiger charge is -2.20. The van der Waals surface area contributed by atoms with Crippen LogP contribution < -0.4 is 14.4 Å². The Morgan fingerprint density at radius 3 is 3.10 bits per heavy atom. The molecule has 0 atom stereocenters. The zero-order valence-electron chi connectivity index (χ0n) is 11.6. The SMILES string of the molecule is COc1ccc2c(c1)OCCN(c1cncc(C#N)n1)C2. The predicted molar refractivity (Wildman–Crippen MR) is 76.3 cm³/mol. The van der Waals surface area contributed by atoms with Crippen LogP contribution in [0.5, 0.6) is 11.5 Å². The molecule has 1 aromatic heterocycles. The molecule has 0 fully saturated rings. The van der Waals surface area contributed by atoms with Crippen LogP contribution in [0.15, 0.2) is 30.6 Å². The van der Waals surface area contributed by atoms with Gasteiger partial charge in [-0.05, 0) is 12.1 Å². The molecule has 0 aliphatic carbocycles. The molecule has 0 unspecified atom stereocenters. The van der Waals surface area contributed by atoms with E-state index < -0.39 is 0 Å². The Bertz CT molecular complexity index is 696. The maximum Gasteiger partial charge on any atom is 0.161 e. The molecule has 2 heterocycles. The van der Waals surface area contributed by atoms with E-state index in [-0.39, 0.29) is 0 Å². The Morgan fingerprint density at radius 2 is 2.29 bits per heavy atom. The molecular formula is C15H14N4O2. The summed E-state index contributed by atoms with van der Waals surface area (Å²) in [4.78, 5) is 10.4. The van der Waals surface area contributed by atoms with Crippen molar-refractivity contribution < 1.29 is 9.47 Å². The van der Waals surface area contributed by atoms with E-state index in [0.717, 1.165) is 17.1 Å². The van der Waals surface area contributed by atoms with Crippen molar-refractivity contribution in [3.8, 4) is 17.6 Å². The van der Waals surface area contributed by atoms with Gasteiger partial charge in [0.05, 0.1) is 26.0 Å². The third kappa shape index (κ3) is 2.72. The second kappa shape index (κ2) is 5.67. The maximum atomic E-state index is 8.92. The van der Waals surface area contributed by atoms with Gasteiger partial charge in [0.2, 0.25) is 0 Å². The number of ether oxygens (including phenoxy) is 2. The van der Waals surface area contributed by atoms with E-state index in [9.17, 15) is 0 Å². The smallest absolute Gasteiger partial charge is 0.161 e. The number of fused-ring (bicyclic) bond motifs is 1. The summed E-state index contributed by atoms with van der Waals surface area (Å²) in [5.41, 5.74) is 1.37. The minimum absolute atomic E-state index is 0.313. The first-order valence-electron chi connectivity index (χ1n) is 6.57. The van der Waals surface area contributed by atoms with Crippen LogP contribution >= 0.6 is 0 Å². The summed E-state index contributed by atoms with van der Waals surface area (Å²) in [6, 6.07) is 7.78.